The second kappa shape index (κ2) is 16.0. The van der Waals surface area contributed by atoms with E-state index in [9.17, 15) is 9.59 Å². The number of aryl methyl sites for hydroxylation is 1. The molecule has 0 atom stereocenters. The molecule has 0 aliphatic rings. The van der Waals surface area contributed by atoms with Crippen molar-refractivity contribution in [2.75, 3.05) is 13.2 Å². The van der Waals surface area contributed by atoms with Gasteiger partial charge in [-0.2, -0.15) is 0 Å². The van der Waals surface area contributed by atoms with E-state index in [1.54, 1.807) is 0 Å². The van der Waals surface area contributed by atoms with E-state index in [0.717, 1.165) is 68.5 Å². The van der Waals surface area contributed by atoms with E-state index in [-0.39, 0.29) is 5.97 Å². The molecule has 0 saturated carbocycles. The molecule has 0 aromatic heterocycles. The Balaban J connectivity index is 1.44. The molecule has 4 nitrogen and oxygen atoms in total. The van der Waals surface area contributed by atoms with Gasteiger partial charge in [0.1, 0.15) is 0 Å². The smallest absolute Gasteiger partial charge is 0.330 e. The molecule has 0 saturated heterocycles. The molecule has 47 heavy (non-hydrogen) atoms. The van der Waals surface area contributed by atoms with Gasteiger partial charge in [-0.25, -0.2) is 9.59 Å². The average molecular weight is 619 g/mol. The molecule has 0 N–H and O–H groups in total. The van der Waals surface area contributed by atoms with Crippen LogP contribution in [0, 0.1) is 0 Å². The lowest BCUT2D eigenvalue weighted by Crippen LogP contribution is -2.04. The van der Waals surface area contributed by atoms with Crippen LogP contribution in [0.4, 0.5) is 0 Å². The summed E-state index contributed by atoms with van der Waals surface area (Å²) in [7, 11) is 0. The van der Waals surface area contributed by atoms with E-state index in [1.807, 2.05) is 12.1 Å². The van der Waals surface area contributed by atoms with Crippen molar-refractivity contribution in [3.63, 3.8) is 0 Å². The quantitative estimate of drug-likeness (QED) is 0.0706. The molecule has 0 unspecified atom stereocenters. The largest absolute Gasteiger partial charge is 0.463 e. The predicted molar refractivity (Wildman–Crippen MR) is 193 cm³/mol. The minimum Gasteiger partial charge on any atom is -0.463 e. The van der Waals surface area contributed by atoms with Gasteiger partial charge in [-0.1, -0.05) is 117 Å². The van der Waals surface area contributed by atoms with Crippen LogP contribution in [0.15, 0.2) is 147 Å². The number of rotatable bonds is 14. The van der Waals surface area contributed by atoms with Crippen LogP contribution in [0.3, 0.4) is 0 Å². The second-order valence-corrected chi connectivity index (χ2v) is 11.2. The Kier molecular flexibility index (Phi) is 11.1. The fourth-order valence-electron chi connectivity index (χ4n) is 5.42. The molecular weight excluding hydrogens is 580 g/mol. The molecule has 0 heterocycles. The van der Waals surface area contributed by atoms with Crippen LogP contribution in [-0.4, -0.2) is 25.2 Å². The molecule has 234 valence electrons. The van der Waals surface area contributed by atoms with Crippen LogP contribution in [0.1, 0.15) is 23.1 Å². The number of hydrogen-bond acceptors (Lipinski definition) is 4. The van der Waals surface area contributed by atoms with E-state index in [0.29, 0.717) is 19.6 Å². The Morgan fingerprint density at radius 1 is 0.489 bits per heavy atom. The molecule has 5 aromatic rings. The summed E-state index contributed by atoms with van der Waals surface area (Å²) in [6.07, 6.45) is 6.43. The van der Waals surface area contributed by atoms with Gasteiger partial charge in [0, 0.05) is 18.6 Å². The minimum absolute atomic E-state index is 0.300. The Labute approximate surface area is 277 Å². The predicted octanol–water partition coefficient (Wildman–Crippen LogP) is 9.93. The summed E-state index contributed by atoms with van der Waals surface area (Å²) in [5.41, 5.74) is 12.3. The first-order valence-electron chi connectivity index (χ1n) is 15.7. The van der Waals surface area contributed by atoms with Gasteiger partial charge >= 0.3 is 11.9 Å². The topological polar surface area (TPSA) is 52.6 Å². The van der Waals surface area contributed by atoms with Crippen molar-refractivity contribution in [1.29, 1.82) is 0 Å². The Hall–Kier alpha value is -5.74. The summed E-state index contributed by atoms with van der Waals surface area (Å²) in [5.74, 6) is -0.802. The van der Waals surface area contributed by atoms with Gasteiger partial charge in [-0.05, 0) is 98.3 Å². The molecule has 0 aliphatic carbocycles. The summed E-state index contributed by atoms with van der Waals surface area (Å²) < 4.78 is 10.3. The van der Waals surface area contributed by atoms with Gasteiger partial charge in [0.05, 0.1) is 13.2 Å². The van der Waals surface area contributed by atoms with Crippen LogP contribution in [0.2, 0.25) is 0 Å². The summed E-state index contributed by atoms with van der Waals surface area (Å²) >= 11 is 0. The number of hydrogen-bond donors (Lipinski definition) is 0. The lowest BCUT2D eigenvalue weighted by Gasteiger charge is -2.13. The lowest BCUT2D eigenvalue weighted by molar-refractivity contribution is -0.138. The fourth-order valence-corrected chi connectivity index (χ4v) is 5.42. The van der Waals surface area contributed by atoms with E-state index < -0.39 is 5.97 Å². The number of ether oxygens (including phenoxy) is 2. The average Bonchev–Trinajstić information content (AvgIpc) is 3.13. The maximum absolute atomic E-state index is 11.5. The number of benzene rings is 5. The van der Waals surface area contributed by atoms with Crippen molar-refractivity contribution >= 4 is 18.0 Å². The molecule has 4 heteroatoms. The van der Waals surface area contributed by atoms with Gasteiger partial charge < -0.3 is 9.47 Å². The first kappa shape index (κ1) is 32.6. The Morgan fingerprint density at radius 2 is 0.979 bits per heavy atom. The summed E-state index contributed by atoms with van der Waals surface area (Å²) in [4.78, 5) is 22.8. The highest BCUT2D eigenvalue weighted by Gasteiger charge is 2.10. The maximum Gasteiger partial charge on any atom is 0.330 e. The van der Waals surface area contributed by atoms with Crippen molar-refractivity contribution in [1.82, 2.24) is 0 Å². The van der Waals surface area contributed by atoms with Crippen molar-refractivity contribution in [2.45, 2.75) is 19.3 Å². The van der Waals surface area contributed by atoms with Crippen LogP contribution < -0.4 is 0 Å². The normalized spacial score (nSPS) is 10.6. The maximum atomic E-state index is 11.5. The highest BCUT2D eigenvalue weighted by molar-refractivity contribution is 5.83. The first-order chi connectivity index (χ1) is 22.9. The Bertz CT molecular complexity index is 1880. The van der Waals surface area contributed by atoms with Crippen molar-refractivity contribution < 1.29 is 19.1 Å². The van der Waals surface area contributed by atoms with Gasteiger partial charge in [0.15, 0.2) is 0 Å². The highest BCUT2D eigenvalue weighted by atomic mass is 16.5. The molecular formula is C43H38O4. The van der Waals surface area contributed by atoms with E-state index in [2.05, 4.69) is 129 Å². The first-order valence-corrected chi connectivity index (χ1v) is 15.7. The number of esters is 2. The third-order valence-electron chi connectivity index (χ3n) is 7.98. The Morgan fingerprint density at radius 3 is 1.60 bits per heavy atom. The van der Waals surface area contributed by atoms with Crippen LogP contribution >= 0.6 is 0 Å². The summed E-state index contributed by atoms with van der Waals surface area (Å²) in [6.45, 7) is 11.5. The molecule has 5 aromatic carbocycles. The lowest BCUT2D eigenvalue weighted by atomic mass is 9.91. The molecule has 0 radical (unpaired) electrons. The third kappa shape index (κ3) is 8.93. The summed E-state index contributed by atoms with van der Waals surface area (Å²) in [5, 5.41) is 0. The van der Waals surface area contributed by atoms with Gasteiger partial charge in [0.25, 0.3) is 0 Å². The second-order valence-electron chi connectivity index (χ2n) is 11.2. The third-order valence-corrected chi connectivity index (χ3v) is 7.98. The zero-order chi connectivity index (χ0) is 33.0. The van der Waals surface area contributed by atoms with Crippen LogP contribution in [0.25, 0.3) is 50.6 Å². The molecule has 0 aliphatic heterocycles. The van der Waals surface area contributed by atoms with E-state index in [4.69, 9.17) is 9.47 Å². The minimum atomic E-state index is -0.414. The van der Waals surface area contributed by atoms with Crippen molar-refractivity contribution in [2.24, 2.45) is 0 Å². The number of carbonyl (C=O) groups excluding carboxylic acids is 2. The van der Waals surface area contributed by atoms with Crippen LogP contribution in [-0.2, 0) is 31.9 Å². The summed E-state index contributed by atoms with van der Waals surface area (Å²) in [6, 6.07) is 40.7. The molecule has 0 bridgehead atoms. The van der Waals surface area contributed by atoms with Crippen molar-refractivity contribution in [3.8, 4) is 44.5 Å². The van der Waals surface area contributed by atoms with E-state index in [1.165, 1.54) is 17.7 Å². The van der Waals surface area contributed by atoms with E-state index >= 15 is 0 Å². The molecule has 5 rings (SSSR count). The molecule has 0 fully saturated rings. The molecule has 0 spiro atoms. The zero-order valence-electron chi connectivity index (χ0n) is 26.5. The van der Waals surface area contributed by atoms with Gasteiger partial charge in [0.2, 0.25) is 0 Å². The highest BCUT2D eigenvalue weighted by Crippen LogP contribution is 2.35. The van der Waals surface area contributed by atoms with Crippen LogP contribution in [0.5, 0.6) is 0 Å². The number of carbonyl (C=O) groups is 2. The fraction of sp³-hybridized carbons (Fsp3) is 0.116. The zero-order valence-corrected chi connectivity index (χ0v) is 26.5. The SMILES string of the molecule is C=CC(=O)OCCCc1ccc(-c2cccc(-c3cc(-c4ccc(C=C)cc4)cc(-c4cccc(CCOC(=O)C=C)c4)c3)c2)cc1. The van der Waals surface area contributed by atoms with Gasteiger partial charge in [-0.3, -0.25) is 0 Å². The monoisotopic (exact) mass is 618 g/mol. The van der Waals surface area contributed by atoms with Crippen molar-refractivity contribution in [3.05, 3.63) is 164 Å². The molecule has 0 amide bonds. The van der Waals surface area contributed by atoms with Gasteiger partial charge in [-0.15, -0.1) is 0 Å². The standard InChI is InChI=1S/C43H38O4/c1-4-31-15-19-35(20-16-31)39-28-40(36-12-7-10-33(26-36)23-25-47-43(45)6-3)30-41(29-39)38-14-8-13-37(27-38)34-21-17-32(18-22-34)11-9-24-46-42(44)5-2/h4-8,10,12-22,26-30H,1-3,9,11,23-25H2.